The number of nitrogens with zero attached hydrogens (tertiary/aromatic N) is 2. The molecule has 1 heterocycles. The normalized spacial score (nSPS) is 11.9. The summed E-state index contributed by atoms with van der Waals surface area (Å²) in [7, 11) is 0. The number of amides is 1. The predicted octanol–water partition coefficient (Wildman–Crippen LogP) is 4.64. The second kappa shape index (κ2) is 8.80. The van der Waals surface area contributed by atoms with E-state index in [2.05, 4.69) is 9.72 Å². The van der Waals surface area contributed by atoms with Gasteiger partial charge in [-0.15, -0.1) is 0 Å². The number of hydrogen-bond donors (Lipinski definition) is 1. The molecule has 0 unspecified atom stereocenters. The van der Waals surface area contributed by atoms with E-state index in [4.69, 9.17) is 5.73 Å². The van der Waals surface area contributed by atoms with Crippen LogP contribution < -0.4 is 5.73 Å². The fourth-order valence-corrected chi connectivity index (χ4v) is 3.69. The molecule has 2 rings (SSSR count). The Morgan fingerprint density at radius 3 is 2.36 bits per heavy atom. The summed E-state index contributed by atoms with van der Waals surface area (Å²) < 4.78 is 71.9. The molecule has 154 valence electrons. The van der Waals surface area contributed by atoms with Crippen LogP contribution in [0.1, 0.15) is 31.3 Å². The molecule has 1 aromatic heterocycles. The predicted molar refractivity (Wildman–Crippen MR) is 92.1 cm³/mol. The third kappa shape index (κ3) is 6.11. The van der Waals surface area contributed by atoms with Crippen LogP contribution in [0.15, 0.2) is 28.1 Å². The maximum Gasteiger partial charge on any atom is 0.406 e. The zero-order valence-electron chi connectivity index (χ0n) is 15.0. The highest BCUT2D eigenvalue weighted by atomic mass is 32.2. The number of alkyl halides is 3. The quantitative estimate of drug-likeness (QED) is 0.659. The Morgan fingerprint density at radius 1 is 1.25 bits per heavy atom. The van der Waals surface area contributed by atoms with Gasteiger partial charge < -0.3 is 15.0 Å². The first kappa shape index (κ1) is 22.0. The number of ether oxygens (including phenoxy) is 1. The lowest BCUT2D eigenvalue weighted by Gasteiger charge is -2.15. The number of carbonyl (C=O) groups is 1. The first-order valence-corrected chi connectivity index (χ1v) is 9.00. The van der Waals surface area contributed by atoms with Crippen LogP contribution in [0.3, 0.4) is 0 Å². The van der Waals surface area contributed by atoms with Crippen molar-refractivity contribution < 1.29 is 31.5 Å². The molecule has 0 saturated carbocycles. The van der Waals surface area contributed by atoms with Gasteiger partial charge in [0.1, 0.15) is 35.6 Å². The number of carbonyl (C=O) groups excluding carboxylic acids is 1. The molecule has 0 fully saturated rings. The standard InChI is InChI=1S/C17H18F5N3O2S/c1-9(2)14-15(28-12-6-10(18)5-11(19)7-12)25(8-17(20,21)22)13(24-14)3-4-27-16(23)26/h5-7,9H,3-4,8H2,1-2H3,(H2,23,26). The summed E-state index contributed by atoms with van der Waals surface area (Å²) in [6, 6.07) is 2.73. The van der Waals surface area contributed by atoms with Crippen molar-refractivity contribution in [2.75, 3.05) is 6.61 Å². The minimum Gasteiger partial charge on any atom is -0.449 e. The van der Waals surface area contributed by atoms with Crippen LogP contribution in [0.4, 0.5) is 26.7 Å². The molecule has 0 aliphatic carbocycles. The van der Waals surface area contributed by atoms with E-state index in [1.54, 1.807) is 13.8 Å². The minimum atomic E-state index is -4.56. The Morgan fingerprint density at radius 2 is 1.86 bits per heavy atom. The second-order valence-electron chi connectivity index (χ2n) is 6.20. The SMILES string of the molecule is CC(C)c1nc(CCOC(N)=O)n(CC(F)(F)F)c1Sc1cc(F)cc(F)c1. The van der Waals surface area contributed by atoms with Gasteiger partial charge in [-0.1, -0.05) is 25.6 Å². The smallest absolute Gasteiger partial charge is 0.406 e. The molecule has 0 aliphatic heterocycles. The van der Waals surface area contributed by atoms with Crippen LogP contribution in [0.25, 0.3) is 0 Å². The van der Waals surface area contributed by atoms with Crippen LogP contribution in [0.2, 0.25) is 0 Å². The van der Waals surface area contributed by atoms with E-state index in [9.17, 15) is 26.7 Å². The number of rotatable bonds is 7. The Labute approximate surface area is 162 Å². The van der Waals surface area contributed by atoms with Gasteiger partial charge in [0.2, 0.25) is 0 Å². The second-order valence-corrected chi connectivity index (χ2v) is 7.26. The molecule has 0 atom stereocenters. The molecule has 0 aliphatic rings. The highest BCUT2D eigenvalue weighted by molar-refractivity contribution is 7.99. The van der Waals surface area contributed by atoms with Gasteiger partial charge in [-0.2, -0.15) is 13.2 Å². The van der Waals surface area contributed by atoms with Gasteiger partial charge in [0.15, 0.2) is 0 Å². The van der Waals surface area contributed by atoms with Gasteiger partial charge in [0.25, 0.3) is 0 Å². The number of primary amides is 1. The molecule has 1 aromatic carbocycles. The Kier molecular flexibility index (Phi) is 6.91. The van der Waals surface area contributed by atoms with E-state index in [1.165, 1.54) is 0 Å². The van der Waals surface area contributed by atoms with Crippen molar-refractivity contribution in [2.24, 2.45) is 5.73 Å². The van der Waals surface area contributed by atoms with Crippen LogP contribution in [-0.2, 0) is 17.7 Å². The van der Waals surface area contributed by atoms with Crippen LogP contribution in [0, 0.1) is 11.6 Å². The highest BCUT2D eigenvalue weighted by Gasteiger charge is 2.32. The van der Waals surface area contributed by atoms with E-state index in [-0.39, 0.29) is 34.7 Å². The number of imidazole rings is 1. The zero-order chi connectivity index (χ0) is 21.1. The summed E-state index contributed by atoms with van der Waals surface area (Å²) in [6.07, 6.45) is -5.71. The average molecular weight is 423 g/mol. The average Bonchev–Trinajstić information content (AvgIpc) is 2.82. The molecule has 1 amide bonds. The Balaban J connectivity index is 2.49. The van der Waals surface area contributed by atoms with E-state index in [0.29, 0.717) is 11.8 Å². The third-order valence-corrected chi connectivity index (χ3v) is 4.62. The highest BCUT2D eigenvalue weighted by Crippen LogP contribution is 2.37. The van der Waals surface area contributed by atoms with Gasteiger partial charge in [-0.05, 0) is 18.1 Å². The summed E-state index contributed by atoms with van der Waals surface area (Å²) >= 11 is 0.787. The monoisotopic (exact) mass is 423 g/mol. The summed E-state index contributed by atoms with van der Waals surface area (Å²) in [5, 5.41) is 0.117. The summed E-state index contributed by atoms with van der Waals surface area (Å²) in [5.74, 6) is -1.91. The topological polar surface area (TPSA) is 70.1 Å². The molecule has 2 N–H and O–H groups in total. The summed E-state index contributed by atoms with van der Waals surface area (Å²) in [5.41, 5.74) is 5.21. The molecular weight excluding hydrogens is 405 g/mol. The van der Waals surface area contributed by atoms with Crippen molar-refractivity contribution in [3.63, 3.8) is 0 Å². The van der Waals surface area contributed by atoms with Gasteiger partial charge in [0.05, 0.1) is 5.69 Å². The van der Waals surface area contributed by atoms with Crippen LogP contribution >= 0.6 is 11.8 Å². The fourth-order valence-electron chi connectivity index (χ4n) is 2.46. The molecule has 0 saturated heterocycles. The number of nitrogens with two attached hydrogens (primary N) is 1. The molecule has 0 radical (unpaired) electrons. The molecule has 2 aromatic rings. The summed E-state index contributed by atoms with van der Waals surface area (Å²) in [6.45, 7) is 1.87. The lowest BCUT2D eigenvalue weighted by Crippen LogP contribution is -2.22. The fraction of sp³-hybridized carbons (Fsp3) is 0.412. The largest absolute Gasteiger partial charge is 0.449 e. The van der Waals surface area contributed by atoms with Crippen molar-refractivity contribution in [1.29, 1.82) is 0 Å². The molecule has 5 nitrogen and oxygen atoms in total. The maximum absolute atomic E-state index is 13.5. The Bertz CT molecular complexity index is 832. The Hall–Kier alpha value is -2.30. The molecule has 0 bridgehead atoms. The summed E-state index contributed by atoms with van der Waals surface area (Å²) in [4.78, 5) is 15.1. The van der Waals surface area contributed by atoms with Gasteiger partial charge >= 0.3 is 12.3 Å². The van der Waals surface area contributed by atoms with Gasteiger partial charge in [-0.25, -0.2) is 18.6 Å². The lowest BCUT2D eigenvalue weighted by molar-refractivity contribution is -0.142. The molecule has 28 heavy (non-hydrogen) atoms. The van der Waals surface area contributed by atoms with E-state index in [0.717, 1.165) is 28.5 Å². The lowest BCUT2D eigenvalue weighted by atomic mass is 10.1. The van der Waals surface area contributed by atoms with Crippen molar-refractivity contribution in [1.82, 2.24) is 9.55 Å². The van der Waals surface area contributed by atoms with Gasteiger partial charge in [-0.3, -0.25) is 0 Å². The van der Waals surface area contributed by atoms with Gasteiger partial charge in [0, 0.05) is 17.4 Å². The molecular formula is C17H18F5N3O2S. The first-order chi connectivity index (χ1) is 13.0. The van der Waals surface area contributed by atoms with Crippen molar-refractivity contribution in [2.45, 2.75) is 48.8 Å². The van der Waals surface area contributed by atoms with Crippen molar-refractivity contribution in [3.8, 4) is 0 Å². The van der Waals surface area contributed by atoms with E-state index in [1.807, 2.05) is 0 Å². The van der Waals surface area contributed by atoms with Crippen LogP contribution in [0.5, 0.6) is 0 Å². The van der Waals surface area contributed by atoms with E-state index < -0.39 is 30.4 Å². The molecule has 0 spiro atoms. The first-order valence-electron chi connectivity index (χ1n) is 8.18. The third-order valence-electron chi connectivity index (χ3n) is 3.53. The van der Waals surface area contributed by atoms with Crippen molar-refractivity contribution in [3.05, 3.63) is 41.4 Å². The maximum atomic E-state index is 13.5. The molecule has 11 heteroatoms. The number of aromatic nitrogens is 2. The number of halogens is 5. The minimum absolute atomic E-state index is 0.0293. The van der Waals surface area contributed by atoms with Crippen LogP contribution in [-0.4, -0.2) is 28.4 Å². The number of hydrogen-bond acceptors (Lipinski definition) is 4. The number of benzene rings is 1. The van der Waals surface area contributed by atoms with Crippen molar-refractivity contribution >= 4 is 17.9 Å². The zero-order valence-corrected chi connectivity index (χ0v) is 15.8. The van der Waals surface area contributed by atoms with E-state index >= 15 is 0 Å².